The van der Waals surface area contributed by atoms with E-state index >= 15 is 0 Å². The van der Waals surface area contributed by atoms with E-state index < -0.39 is 24.4 Å². The van der Waals surface area contributed by atoms with Gasteiger partial charge >= 0.3 is 6.18 Å². The summed E-state index contributed by atoms with van der Waals surface area (Å²) >= 11 is 0. The number of pyridine rings is 1. The summed E-state index contributed by atoms with van der Waals surface area (Å²) in [5.41, 5.74) is 0.974. The predicted molar refractivity (Wildman–Crippen MR) is 105 cm³/mol. The molecule has 0 radical (unpaired) electrons. The second-order valence-electron chi connectivity index (χ2n) is 7.63. The smallest absolute Gasteiger partial charge is 0.422 e. The molecule has 11 heteroatoms. The molecule has 0 N–H and O–H groups in total. The Hall–Kier alpha value is -3.24. The number of aromatic nitrogens is 4. The molecule has 0 atom stereocenters. The molecule has 1 fully saturated rings. The fourth-order valence-electron chi connectivity index (χ4n) is 3.32. The van der Waals surface area contributed by atoms with Crippen LogP contribution in [0.2, 0.25) is 0 Å². The summed E-state index contributed by atoms with van der Waals surface area (Å²) in [6.45, 7) is 0.765. The van der Waals surface area contributed by atoms with Crippen LogP contribution < -0.4 is 9.64 Å². The van der Waals surface area contributed by atoms with E-state index in [0.717, 1.165) is 18.9 Å². The van der Waals surface area contributed by atoms with Gasteiger partial charge in [-0.25, -0.2) is 13.8 Å². The average Bonchev–Trinajstić information content (AvgIpc) is 3.51. The molecule has 170 valence electrons. The third-order valence-corrected chi connectivity index (χ3v) is 5.04. The van der Waals surface area contributed by atoms with Crippen LogP contribution in [-0.4, -0.2) is 38.6 Å². The van der Waals surface area contributed by atoms with E-state index in [1.165, 1.54) is 24.4 Å². The van der Waals surface area contributed by atoms with Crippen LogP contribution >= 0.6 is 0 Å². The standard InChI is InChI=1S/C21H20F5N5O/c1-13-28-29-20(31(17-4-5-17)11-15-2-3-16(22)9-18(15)23)30(13)10-14-6-7-27-19(8-14)32-12-21(24,25)26/h2-3,6-9,17H,4-5,10-12H2,1H3. The van der Waals surface area contributed by atoms with Crippen LogP contribution in [0, 0.1) is 18.6 Å². The van der Waals surface area contributed by atoms with Crippen molar-refractivity contribution < 1.29 is 26.7 Å². The second kappa shape index (κ2) is 8.71. The van der Waals surface area contributed by atoms with Gasteiger partial charge in [0.25, 0.3) is 0 Å². The van der Waals surface area contributed by atoms with E-state index in [0.29, 0.717) is 22.9 Å². The van der Waals surface area contributed by atoms with Gasteiger partial charge in [0.15, 0.2) is 6.61 Å². The quantitative estimate of drug-likeness (QED) is 0.473. The summed E-state index contributed by atoms with van der Waals surface area (Å²) in [6.07, 6.45) is -1.29. The van der Waals surface area contributed by atoms with Crippen molar-refractivity contribution in [2.75, 3.05) is 11.5 Å². The molecule has 0 saturated heterocycles. The van der Waals surface area contributed by atoms with Crippen LogP contribution in [-0.2, 0) is 13.1 Å². The van der Waals surface area contributed by atoms with Crippen LogP contribution in [0.25, 0.3) is 0 Å². The van der Waals surface area contributed by atoms with Crippen molar-refractivity contribution in [1.29, 1.82) is 0 Å². The van der Waals surface area contributed by atoms with Gasteiger partial charge in [0, 0.05) is 36.5 Å². The highest BCUT2D eigenvalue weighted by Gasteiger charge is 2.33. The maximum Gasteiger partial charge on any atom is 0.422 e. The minimum Gasteiger partial charge on any atom is -0.468 e. The van der Waals surface area contributed by atoms with Gasteiger partial charge in [-0.3, -0.25) is 4.57 Å². The summed E-state index contributed by atoms with van der Waals surface area (Å²) in [5, 5.41) is 8.39. The topological polar surface area (TPSA) is 56.1 Å². The lowest BCUT2D eigenvalue weighted by atomic mass is 10.2. The van der Waals surface area contributed by atoms with Gasteiger partial charge in [0.05, 0.1) is 6.54 Å². The van der Waals surface area contributed by atoms with Crippen LogP contribution in [0.1, 0.15) is 29.8 Å². The van der Waals surface area contributed by atoms with Gasteiger partial charge in [-0.2, -0.15) is 13.2 Å². The lowest BCUT2D eigenvalue weighted by Crippen LogP contribution is -2.29. The van der Waals surface area contributed by atoms with Crippen molar-refractivity contribution >= 4 is 5.95 Å². The molecule has 0 amide bonds. The largest absolute Gasteiger partial charge is 0.468 e. The van der Waals surface area contributed by atoms with Crippen molar-refractivity contribution in [3.63, 3.8) is 0 Å². The van der Waals surface area contributed by atoms with E-state index in [1.54, 1.807) is 17.6 Å². The molecular weight excluding hydrogens is 433 g/mol. The number of benzene rings is 1. The van der Waals surface area contributed by atoms with Gasteiger partial charge in [-0.05, 0) is 37.5 Å². The van der Waals surface area contributed by atoms with Crippen molar-refractivity contribution in [3.8, 4) is 5.88 Å². The summed E-state index contributed by atoms with van der Waals surface area (Å²) < 4.78 is 71.3. The first-order valence-electron chi connectivity index (χ1n) is 9.94. The highest BCUT2D eigenvalue weighted by molar-refractivity contribution is 5.39. The normalized spacial score (nSPS) is 13.9. The molecule has 0 aliphatic heterocycles. The van der Waals surface area contributed by atoms with Gasteiger partial charge < -0.3 is 9.64 Å². The zero-order chi connectivity index (χ0) is 22.9. The monoisotopic (exact) mass is 453 g/mol. The lowest BCUT2D eigenvalue weighted by molar-refractivity contribution is -0.154. The molecule has 0 spiro atoms. The van der Waals surface area contributed by atoms with Crippen LogP contribution in [0.4, 0.5) is 27.9 Å². The fourth-order valence-corrected chi connectivity index (χ4v) is 3.32. The Morgan fingerprint density at radius 3 is 2.59 bits per heavy atom. The van der Waals surface area contributed by atoms with Gasteiger partial charge in [0.1, 0.15) is 17.5 Å². The third kappa shape index (κ3) is 5.32. The first-order valence-corrected chi connectivity index (χ1v) is 9.94. The molecular formula is C21H20F5N5O. The SMILES string of the molecule is Cc1nnc(N(Cc2ccc(F)cc2F)C2CC2)n1Cc1ccnc(OCC(F)(F)F)c1. The molecule has 0 unspecified atom stereocenters. The molecule has 0 bridgehead atoms. The highest BCUT2D eigenvalue weighted by Crippen LogP contribution is 2.33. The predicted octanol–water partition coefficient (Wildman–Crippen LogP) is 4.42. The number of alkyl halides is 3. The van der Waals surface area contributed by atoms with E-state index in [1.807, 2.05) is 4.90 Å². The second-order valence-corrected chi connectivity index (χ2v) is 7.63. The molecule has 2 heterocycles. The van der Waals surface area contributed by atoms with E-state index in [4.69, 9.17) is 4.74 Å². The van der Waals surface area contributed by atoms with Crippen LogP contribution in [0.3, 0.4) is 0 Å². The van der Waals surface area contributed by atoms with Crippen molar-refractivity contribution in [3.05, 3.63) is 65.1 Å². The number of nitrogens with zero attached hydrogens (tertiary/aromatic N) is 5. The number of anilines is 1. The first kappa shape index (κ1) is 22.0. The van der Waals surface area contributed by atoms with Crippen LogP contribution in [0.15, 0.2) is 36.5 Å². The number of rotatable bonds is 8. The molecule has 1 aromatic carbocycles. The first-order chi connectivity index (χ1) is 15.2. The summed E-state index contributed by atoms with van der Waals surface area (Å²) in [5.74, 6) is -0.342. The zero-order valence-electron chi connectivity index (χ0n) is 17.1. The van der Waals surface area contributed by atoms with Crippen LogP contribution in [0.5, 0.6) is 5.88 Å². The van der Waals surface area contributed by atoms with Crippen molar-refractivity contribution in [1.82, 2.24) is 19.7 Å². The average molecular weight is 453 g/mol. The number of hydrogen-bond acceptors (Lipinski definition) is 5. The minimum atomic E-state index is -4.46. The Labute approximate surface area is 180 Å². The molecule has 3 aromatic rings. The Balaban J connectivity index is 1.57. The molecule has 1 aliphatic rings. The molecule has 32 heavy (non-hydrogen) atoms. The summed E-state index contributed by atoms with van der Waals surface area (Å²) in [6, 6.07) is 6.68. The number of hydrogen-bond donors (Lipinski definition) is 0. The number of halogens is 5. The van der Waals surface area contributed by atoms with Gasteiger partial charge in [-0.15, -0.1) is 10.2 Å². The molecule has 1 saturated carbocycles. The van der Waals surface area contributed by atoms with E-state index in [9.17, 15) is 22.0 Å². The maximum atomic E-state index is 14.3. The number of aryl methyl sites for hydroxylation is 1. The summed E-state index contributed by atoms with van der Waals surface area (Å²) in [7, 11) is 0. The van der Waals surface area contributed by atoms with E-state index in [-0.39, 0.29) is 25.0 Å². The lowest BCUT2D eigenvalue weighted by Gasteiger charge is -2.24. The number of ether oxygens (including phenoxy) is 1. The van der Waals surface area contributed by atoms with Crippen molar-refractivity contribution in [2.24, 2.45) is 0 Å². The van der Waals surface area contributed by atoms with Gasteiger partial charge in [0.2, 0.25) is 11.8 Å². The molecule has 4 rings (SSSR count). The Kier molecular flexibility index (Phi) is 5.98. The fraction of sp³-hybridized carbons (Fsp3) is 0.381. The maximum absolute atomic E-state index is 14.3. The Morgan fingerprint density at radius 2 is 1.91 bits per heavy atom. The van der Waals surface area contributed by atoms with E-state index in [2.05, 4.69) is 15.2 Å². The molecule has 2 aromatic heterocycles. The Morgan fingerprint density at radius 1 is 1.12 bits per heavy atom. The highest BCUT2D eigenvalue weighted by atomic mass is 19.4. The minimum absolute atomic E-state index is 0.139. The third-order valence-electron chi connectivity index (χ3n) is 5.04. The molecule has 6 nitrogen and oxygen atoms in total. The molecule has 1 aliphatic carbocycles. The Bertz CT molecular complexity index is 1100. The summed E-state index contributed by atoms with van der Waals surface area (Å²) in [4.78, 5) is 5.73. The van der Waals surface area contributed by atoms with Gasteiger partial charge in [-0.1, -0.05) is 6.07 Å². The van der Waals surface area contributed by atoms with Crippen molar-refractivity contribution in [2.45, 2.75) is 45.1 Å². The zero-order valence-corrected chi connectivity index (χ0v) is 17.1.